The number of nitrogens with zero attached hydrogens (tertiary/aromatic N) is 1. The highest BCUT2D eigenvalue weighted by Gasteiger charge is 2.12. The minimum Gasteiger partial charge on any atom is -0.368 e. The third kappa shape index (κ3) is 5.51. The Morgan fingerprint density at radius 2 is 2.15 bits per heavy atom. The van der Waals surface area contributed by atoms with Crippen LogP contribution in [0.5, 0.6) is 0 Å². The van der Waals surface area contributed by atoms with Gasteiger partial charge < -0.3 is 16.0 Å². The van der Waals surface area contributed by atoms with Gasteiger partial charge in [0, 0.05) is 17.6 Å². The van der Waals surface area contributed by atoms with Gasteiger partial charge in [-0.05, 0) is 46.6 Å². The highest BCUT2D eigenvalue weighted by molar-refractivity contribution is 9.10. The molecule has 0 unspecified atom stereocenters. The first-order valence-electron chi connectivity index (χ1n) is 7.10. The average molecular weight is 342 g/mol. The number of unbranched alkanes of at least 4 members (excludes halogenated alkanes) is 1. The lowest BCUT2D eigenvalue weighted by molar-refractivity contribution is -0.116. The average Bonchev–Trinajstić information content (AvgIpc) is 2.41. The van der Waals surface area contributed by atoms with Gasteiger partial charge in [0.15, 0.2) is 0 Å². The third-order valence-corrected chi connectivity index (χ3v) is 3.70. The van der Waals surface area contributed by atoms with Gasteiger partial charge in [-0.15, -0.1) is 0 Å². The molecule has 0 aromatic heterocycles. The number of benzene rings is 1. The molecule has 0 fully saturated rings. The zero-order valence-electron chi connectivity index (χ0n) is 12.3. The van der Waals surface area contributed by atoms with E-state index in [-0.39, 0.29) is 12.5 Å². The van der Waals surface area contributed by atoms with Crippen molar-refractivity contribution in [1.29, 1.82) is 0 Å². The second kappa shape index (κ2) is 8.97. The largest absolute Gasteiger partial charge is 0.368 e. The van der Waals surface area contributed by atoms with Crippen molar-refractivity contribution in [2.24, 2.45) is 5.73 Å². The van der Waals surface area contributed by atoms with Crippen LogP contribution in [-0.2, 0) is 11.3 Å². The molecule has 0 heterocycles. The number of amides is 1. The molecule has 4 nitrogen and oxygen atoms in total. The van der Waals surface area contributed by atoms with E-state index in [1.165, 1.54) is 5.56 Å². The number of nitrogens with two attached hydrogens (primary N) is 1. The second-order valence-corrected chi connectivity index (χ2v) is 5.66. The molecule has 1 aromatic carbocycles. The molecular weight excluding hydrogens is 318 g/mol. The van der Waals surface area contributed by atoms with Crippen LogP contribution in [0, 0.1) is 0 Å². The van der Waals surface area contributed by atoms with E-state index < -0.39 is 0 Å². The molecule has 0 bridgehead atoms. The van der Waals surface area contributed by atoms with Crippen molar-refractivity contribution in [3.05, 3.63) is 28.2 Å². The predicted molar refractivity (Wildman–Crippen MR) is 87.8 cm³/mol. The van der Waals surface area contributed by atoms with Crippen molar-refractivity contribution < 1.29 is 4.79 Å². The van der Waals surface area contributed by atoms with Crippen LogP contribution in [0.2, 0.25) is 0 Å². The lowest BCUT2D eigenvalue weighted by Gasteiger charge is -2.24. The van der Waals surface area contributed by atoms with Gasteiger partial charge in [-0.1, -0.05) is 26.3 Å². The van der Waals surface area contributed by atoms with Gasteiger partial charge in [-0.25, -0.2) is 0 Å². The van der Waals surface area contributed by atoms with E-state index in [1.54, 1.807) is 0 Å². The quantitative estimate of drug-likeness (QED) is 0.725. The minimum absolute atomic E-state index is 0.255. The number of carbonyl (C=O) groups is 1. The summed E-state index contributed by atoms with van der Waals surface area (Å²) in [5.41, 5.74) is 7.59. The van der Waals surface area contributed by atoms with Crippen molar-refractivity contribution in [2.75, 3.05) is 24.5 Å². The smallest absolute Gasteiger partial charge is 0.236 e. The van der Waals surface area contributed by atoms with Crippen LogP contribution in [0.25, 0.3) is 0 Å². The topological polar surface area (TPSA) is 58.4 Å². The number of rotatable bonds is 9. The number of hydrogen-bond donors (Lipinski definition) is 2. The first-order valence-corrected chi connectivity index (χ1v) is 7.90. The van der Waals surface area contributed by atoms with Crippen LogP contribution in [0.15, 0.2) is 22.7 Å². The van der Waals surface area contributed by atoms with E-state index in [0.717, 1.165) is 42.6 Å². The van der Waals surface area contributed by atoms with Crippen LogP contribution < -0.4 is 16.0 Å². The third-order valence-electron chi connectivity index (χ3n) is 3.06. The summed E-state index contributed by atoms with van der Waals surface area (Å²) in [4.78, 5) is 13.3. The molecule has 0 spiro atoms. The SMILES string of the molecule is CCCCN(CC(N)=O)c1ccc(CNCC)cc1Br. The zero-order valence-corrected chi connectivity index (χ0v) is 13.9. The summed E-state index contributed by atoms with van der Waals surface area (Å²) in [5.74, 6) is -0.301. The van der Waals surface area contributed by atoms with Gasteiger partial charge in [-0.2, -0.15) is 0 Å². The van der Waals surface area contributed by atoms with Gasteiger partial charge in [-0.3, -0.25) is 4.79 Å². The molecular formula is C15H24BrN3O. The van der Waals surface area contributed by atoms with Crippen molar-refractivity contribution in [2.45, 2.75) is 33.2 Å². The molecule has 0 radical (unpaired) electrons. The van der Waals surface area contributed by atoms with Crippen LogP contribution >= 0.6 is 15.9 Å². The molecule has 0 aliphatic rings. The fraction of sp³-hybridized carbons (Fsp3) is 0.533. The monoisotopic (exact) mass is 341 g/mol. The van der Waals surface area contributed by atoms with E-state index in [2.05, 4.69) is 53.3 Å². The second-order valence-electron chi connectivity index (χ2n) is 4.81. The number of carbonyl (C=O) groups excluding carboxylic acids is 1. The van der Waals surface area contributed by atoms with Crippen LogP contribution in [-0.4, -0.2) is 25.5 Å². The fourth-order valence-corrected chi connectivity index (χ4v) is 2.68. The molecule has 1 amide bonds. The van der Waals surface area contributed by atoms with Gasteiger partial charge in [0.05, 0.1) is 12.2 Å². The summed E-state index contributed by atoms with van der Waals surface area (Å²) >= 11 is 3.60. The van der Waals surface area contributed by atoms with Gasteiger partial charge >= 0.3 is 0 Å². The normalized spacial score (nSPS) is 10.6. The Morgan fingerprint density at radius 1 is 1.40 bits per heavy atom. The van der Waals surface area contributed by atoms with E-state index >= 15 is 0 Å². The molecule has 1 rings (SSSR count). The molecule has 0 atom stereocenters. The molecule has 5 heteroatoms. The zero-order chi connectivity index (χ0) is 15.0. The highest BCUT2D eigenvalue weighted by atomic mass is 79.9. The van der Waals surface area contributed by atoms with Crippen molar-refractivity contribution in [3.63, 3.8) is 0 Å². The van der Waals surface area contributed by atoms with E-state index in [4.69, 9.17) is 5.73 Å². The van der Waals surface area contributed by atoms with Crippen LogP contribution in [0.4, 0.5) is 5.69 Å². The molecule has 20 heavy (non-hydrogen) atoms. The summed E-state index contributed by atoms with van der Waals surface area (Å²) in [5, 5.41) is 3.30. The number of nitrogens with one attached hydrogen (secondary N) is 1. The first kappa shape index (κ1) is 17.0. The van der Waals surface area contributed by atoms with Crippen LogP contribution in [0.1, 0.15) is 32.3 Å². The molecule has 112 valence electrons. The number of anilines is 1. The summed E-state index contributed by atoms with van der Waals surface area (Å²) < 4.78 is 1.00. The Balaban J connectivity index is 2.86. The summed E-state index contributed by atoms with van der Waals surface area (Å²) in [6, 6.07) is 6.23. The number of halogens is 1. The molecule has 0 saturated carbocycles. The van der Waals surface area contributed by atoms with Crippen molar-refractivity contribution >= 4 is 27.5 Å². The lowest BCUT2D eigenvalue weighted by atomic mass is 10.1. The Bertz CT molecular complexity index is 437. The van der Waals surface area contributed by atoms with Crippen LogP contribution in [0.3, 0.4) is 0 Å². The van der Waals surface area contributed by atoms with Gasteiger partial charge in [0.25, 0.3) is 0 Å². The Labute approximate surface area is 129 Å². The molecule has 0 aliphatic carbocycles. The lowest BCUT2D eigenvalue weighted by Crippen LogP contribution is -2.34. The maximum atomic E-state index is 11.2. The molecule has 3 N–H and O–H groups in total. The first-order chi connectivity index (χ1) is 9.58. The van der Waals surface area contributed by atoms with E-state index in [0.29, 0.717) is 0 Å². The molecule has 0 aliphatic heterocycles. The van der Waals surface area contributed by atoms with Crippen molar-refractivity contribution in [1.82, 2.24) is 5.32 Å². The minimum atomic E-state index is -0.301. The maximum Gasteiger partial charge on any atom is 0.236 e. The van der Waals surface area contributed by atoms with E-state index in [1.807, 2.05) is 4.90 Å². The predicted octanol–water partition coefficient (Wildman–Crippen LogP) is 2.65. The Kier molecular flexibility index (Phi) is 7.62. The number of primary amides is 1. The van der Waals surface area contributed by atoms with Crippen molar-refractivity contribution in [3.8, 4) is 0 Å². The van der Waals surface area contributed by atoms with Gasteiger partial charge in [0.2, 0.25) is 5.91 Å². The fourth-order valence-electron chi connectivity index (χ4n) is 2.01. The molecule has 1 aromatic rings. The Morgan fingerprint density at radius 3 is 2.70 bits per heavy atom. The number of hydrogen-bond acceptors (Lipinski definition) is 3. The highest BCUT2D eigenvalue weighted by Crippen LogP contribution is 2.27. The summed E-state index contributed by atoms with van der Waals surface area (Å²) in [6.45, 7) is 7.11. The van der Waals surface area contributed by atoms with Gasteiger partial charge in [0.1, 0.15) is 0 Å². The summed E-state index contributed by atoms with van der Waals surface area (Å²) in [6.07, 6.45) is 2.13. The standard InChI is InChI=1S/C15H24BrN3O/c1-3-5-8-19(11-15(17)20)14-7-6-12(9-13(14)16)10-18-4-2/h6-7,9,18H,3-5,8,10-11H2,1-2H3,(H2,17,20). The maximum absolute atomic E-state index is 11.2. The molecule has 0 saturated heterocycles. The van der Waals surface area contributed by atoms with E-state index in [9.17, 15) is 4.79 Å². The summed E-state index contributed by atoms with van der Waals surface area (Å²) in [7, 11) is 0. The Hall–Kier alpha value is -1.07.